The fraction of sp³-hybridized carbons (Fsp3) is 0.353. The SMILES string of the molecule is CC1CCc2nc(COc3ccc(-n4cncn4)cc3)sc2C1. The standard InChI is InChI=1S/C17H18N4OS/c1-12-2-7-15-16(8-12)23-17(20-15)9-22-14-5-3-13(4-6-14)21-11-18-10-19-21/h3-6,10-12H,2,7-9H2,1H3. The lowest BCUT2D eigenvalue weighted by atomic mass is 9.93. The predicted octanol–water partition coefficient (Wildman–Crippen LogP) is 3.43. The Morgan fingerprint density at radius 2 is 2.17 bits per heavy atom. The van der Waals surface area contributed by atoms with E-state index >= 15 is 0 Å². The molecule has 1 aromatic carbocycles. The van der Waals surface area contributed by atoms with E-state index in [9.17, 15) is 0 Å². The van der Waals surface area contributed by atoms with Crippen molar-refractivity contribution in [3.8, 4) is 11.4 Å². The van der Waals surface area contributed by atoms with Crippen LogP contribution in [0.15, 0.2) is 36.9 Å². The Morgan fingerprint density at radius 1 is 1.30 bits per heavy atom. The lowest BCUT2D eigenvalue weighted by Gasteiger charge is -2.15. The lowest BCUT2D eigenvalue weighted by Crippen LogP contribution is -2.09. The highest BCUT2D eigenvalue weighted by Crippen LogP contribution is 2.30. The van der Waals surface area contributed by atoms with Crippen molar-refractivity contribution in [3.63, 3.8) is 0 Å². The van der Waals surface area contributed by atoms with Crippen LogP contribution in [0.25, 0.3) is 5.69 Å². The van der Waals surface area contributed by atoms with Gasteiger partial charge in [-0.2, -0.15) is 5.10 Å². The molecule has 1 aliphatic rings. The van der Waals surface area contributed by atoms with Gasteiger partial charge in [0.1, 0.15) is 30.0 Å². The second kappa shape index (κ2) is 6.12. The van der Waals surface area contributed by atoms with Gasteiger partial charge in [-0.1, -0.05) is 6.92 Å². The van der Waals surface area contributed by atoms with Gasteiger partial charge < -0.3 is 4.74 Å². The van der Waals surface area contributed by atoms with E-state index in [2.05, 4.69) is 17.0 Å². The van der Waals surface area contributed by atoms with E-state index in [4.69, 9.17) is 9.72 Å². The summed E-state index contributed by atoms with van der Waals surface area (Å²) in [7, 11) is 0. The average molecular weight is 326 g/mol. The molecule has 0 spiro atoms. The molecule has 1 aliphatic carbocycles. The Kier molecular flexibility index (Phi) is 3.83. The van der Waals surface area contributed by atoms with Crippen molar-refractivity contribution in [2.45, 2.75) is 32.8 Å². The van der Waals surface area contributed by atoms with Crippen molar-refractivity contribution in [1.82, 2.24) is 19.7 Å². The highest BCUT2D eigenvalue weighted by atomic mass is 32.1. The van der Waals surface area contributed by atoms with Crippen molar-refractivity contribution in [3.05, 3.63) is 52.5 Å². The third kappa shape index (κ3) is 3.12. The van der Waals surface area contributed by atoms with Gasteiger partial charge in [-0.15, -0.1) is 11.3 Å². The highest BCUT2D eigenvalue weighted by molar-refractivity contribution is 7.11. The maximum Gasteiger partial charge on any atom is 0.140 e. The number of hydrogen-bond donors (Lipinski definition) is 0. The third-order valence-corrected chi connectivity index (χ3v) is 5.21. The Labute approximate surface area is 139 Å². The number of benzene rings is 1. The van der Waals surface area contributed by atoms with E-state index in [1.807, 2.05) is 24.3 Å². The molecule has 0 bridgehead atoms. The fourth-order valence-corrected chi connectivity index (χ4v) is 4.03. The topological polar surface area (TPSA) is 52.8 Å². The summed E-state index contributed by atoms with van der Waals surface area (Å²) in [4.78, 5) is 10.1. The van der Waals surface area contributed by atoms with E-state index in [0.717, 1.165) is 28.8 Å². The molecule has 0 fully saturated rings. The van der Waals surface area contributed by atoms with Gasteiger partial charge in [-0.05, 0) is 49.4 Å². The summed E-state index contributed by atoms with van der Waals surface area (Å²) in [5.41, 5.74) is 2.25. The van der Waals surface area contributed by atoms with Gasteiger partial charge >= 0.3 is 0 Å². The molecule has 0 saturated heterocycles. The molecule has 0 amide bonds. The predicted molar refractivity (Wildman–Crippen MR) is 89.0 cm³/mol. The fourth-order valence-electron chi connectivity index (χ4n) is 2.84. The lowest BCUT2D eigenvalue weighted by molar-refractivity contribution is 0.305. The van der Waals surface area contributed by atoms with Crippen LogP contribution in [0.1, 0.15) is 28.9 Å². The van der Waals surface area contributed by atoms with Crippen molar-refractivity contribution in [2.24, 2.45) is 5.92 Å². The molecular formula is C17H18N4OS. The van der Waals surface area contributed by atoms with E-state index < -0.39 is 0 Å². The number of fused-ring (bicyclic) bond motifs is 1. The summed E-state index contributed by atoms with van der Waals surface area (Å²) in [5, 5.41) is 5.18. The van der Waals surface area contributed by atoms with Crippen LogP contribution >= 0.6 is 11.3 Å². The third-order valence-electron chi connectivity index (χ3n) is 4.11. The quantitative estimate of drug-likeness (QED) is 0.737. The molecule has 2 aromatic heterocycles. The number of rotatable bonds is 4. The summed E-state index contributed by atoms with van der Waals surface area (Å²) < 4.78 is 7.59. The minimum absolute atomic E-state index is 0.536. The first-order valence-corrected chi connectivity index (χ1v) is 8.65. The minimum Gasteiger partial charge on any atom is -0.486 e. The first kappa shape index (κ1) is 14.4. The molecule has 6 heteroatoms. The summed E-state index contributed by atoms with van der Waals surface area (Å²) in [5.74, 6) is 1.62. The summed E-state index contributed by atoms with van der Waals surface area (Å²) in [6, 6.07) is 7.84. The molecule has 0 N–H and O–H groups in total. The van der Waals surface area contributed by atoms with Crippen LogP contribution in [0.4, 0.5) is 0 Å². The van der Waals surface area contributed by atoms with Gasteiger partial charge in [0.15, 0.2) is 0 Å². The molecule has 1 unspecified atom stereocenters. The molecule has 0 saturated carbocycles. The van der Waals surface area contributed by atoms with Gasteiger partial charge in [0.2, 0.25) is 0 Å². The Balaban J connectivity index is 1.41. The second-order valence-electron chi connectivity index (χ2n) is 5.95. The Morgan fingerprint density at radius 3 is 2.96 bits per heavy atom. The first-order valence-electron chi connectivity index (χ1n) is 7.83. The average Bonchev–Trinajstić information content (AvgIpc) is 3.22. The number of ether oxygens (including phenoxy) is 1. The van der Waals surface area contributed by atoms with Crippen molar-refractivity contribution in [1.29, 1.82) is 0 Å². The Hall–Kier alpha value is -2.21. The smallest absolute Gasteiger partial charge is 0.140 e. The zero-order valence-electron chi connectivity index (χ0n) is 13.0. The van der Waals surface area contributed by atoms with Crippen LogP contribution in [-0.4, -0.2) is 19.7 Å². The van der Waals surface area contributed by atoms with E-state index in [-0.39, 0.29) is 0 Å². The molecule has 4 rings (SSSR count). The molecule has 118 valence electrons. The highest BCUT2D eigenvalue weighted by Gasteiger charge is 2.19. The monoisotopic (exact) mass is 326 g/mol. The minimum atomic E-state index is 0.536. The molecule has 0 aliphatic heterocycles. The second-order valence-corrected chi connectivity index (χ2v) is 7.12. The molecule has 2 heterocycles. The summed E-state index contributed by atoms with van der Waals surface area (Å²) >= 11 is 1.80. The van der Waals surface area contributed by atoms with Gasteiger partial charge in [-0.3, -0.25) is 0 Å². The van der Waals surface area contributed by atoms with Gasteiger partial charge in [-0.25, -0.2) is 14.6 Å². The number of hydrogen-bond acceptors (Lipinski definition) is 5. The normalized spacial score (nSPS) is 17.0. The van der Waals surface area contributed by atoms with E-state index in [0.29, 0.717) is 6.61 Å². The summed E-state index contributed by atoms with van der Waals surface area (Å²) in [6.07, 6.45) is 6.73. The van der Waals surface area contributed by atoms with Crippen LogP contribution in [-0.2, 0) is 19.4 Å². The van der Waals surface area contributed by atoms with Crippen molar-refractivity contribution < 1.29 is 4.74 Å². The number of thiazole rings is 1. The Bertz CT molecular complexity index is 780. The van der Waals surface area contributed by atoms with Crippen LogP contribution in [0.3, 0.4) is 0 Å². The van der Waals surface area contributed by atoms with E-state index in [1.54, 1.807) is 22.3 Å². The van der Waals surface area contributed by atoms with Crippen LogP contribution in [0.5, 0.6) is 5.75 Å². The van der Waals surface area contributed by atoms with Gasteiger partial charge in [0.25, 0.3) is 0 Å². The maximum atomic E-state index is 5.87. The van der Waals surface area contributed by atoms with Crippen LogP contribution in [0, 0.1) is 5.92 Å². The number of aryl methyl sites for hydroxylation is 1. The molecule has 0 radical (unpaired) electrons. The van der Waals surface area contributed by atoms with Crippen molar-refractivity contribution in [2.75, 3.05) is 0 Å². The van der Waals surface area contributed by atoms with Gasteiger partial charge in [0, 0.05) is 4.88 Å². The van der Waals surface area contributed by atoms with Gasteiger partial charge in [0.05, 0.1) is 11.4 Å². The molecule has 23 heavy (non-hydrogen) atoms. The first-order chi connectivity index (χ1) is 11.3. The molecule has 3 aromatic rings. The van der Waals surface area contributed by atoms with Crippen LogP contribution < -0.4 is 4.74 Å². The molecule has 5 nitrogen and oxygen atoms in total. The summed E-state index contributed by atoms with van der Waals surface area (Å²) in [6.45, 7) is 2.85. The number of nitrogens with zero attached hydrogens (tertiary/aromatic N) is 4. The number of aromatic nitrogens is 4. The molecular weight excluding hydrogens is 308 g/mol. The maximum absolute atomic E-state index is 5.87. The zero-order chi connectivity index (χ0) is 15.6. The van der Waals surface area contributed by atoms with Crippen molar-refractivity contribution >= 4 is 11.3 Å². The molecule has 1 atom stereocenters. The van der Waals surface area contributed by atoms with Crippen LogP contribution in [0.2, 0.25) is 0 Å². The zero-order valence-corrected chi connectivity index (χ0v) is 13.8. The van der Waals surface area contributed by atoms with E-state index in [1.165, 1.54) is 29.7 Å². The largest absolute Gasteiger partial charge is 0.486 e.